The van der Waals surface area contributed by atoms with Gasteiger partial charge in [0, 0.05) is 0 Å². The van der Waals surface area contributed by atoms with Crippen LogP contribution >= 0.6 is 0 Å². The molecule has 0 radical (unpaired) electrons. The van der Waals surface area contributed by atoms with Gasteiger partial charge < -0.3 is 37.2 Å². The van der Waals surface area contributed by atoms with Gasteiger partial charge in [0.15, 0.2) is 0 Å². The van der Waals surface area contributed by atoms with Gasteiger partial charge in [0.2, 0.25) is 0 Å². The quantitative estimate of drug-likeness (QED) is 0.171. The maximum absolute atomic E-state index is 2.68. The normalized spacial score (nSPS) is 15.8. The Hall–Kier alpha value is -1.06. The molecule has 0 fully saturated rings. The van der Waals surface area contributed by atoms with Gasteiger partial charge in [0.25, 0.3) is 0 Å². The zero-order chi connectivity index (χ0) is 28.9. The Labute approximate surface area is 294 Å². The van der Waals surface area contributed by atoms with E-state index in [0.717, 1.165) is 44.9 Å². The van der Waals surface area contributed by atoms with E-state index >= 15 is 0 Å². The van der Waals surface area contributed by atoms with Gasteiger partial charge in [-0.1, -0.05) is 0 Å². The van der Waals surface area contributed by atoms with E-state index in [1.54, 1.807) is 15.6 Å². The first-order chi connectivity index (χ1) is 19.3. The molecule has 0 bridgehead atoms. The molecular weight excluding hydrogens is 639 g/mol. The van der Waals surface area contributed by atoms with Crippen LogP contribution in [0, 0.1) is 0 Å². The second kappa shape index (κ2) is 17.6. The van der Waals surface area contributed by atoms with E-state index in [9.17, 15) is 0 Å². The SMILES string of the molecule is CCCC1=C[C]([Ti+3])([Si](c2cc(CC)cc(CC)c2)(c2cc(CC)cc(CC)c2)c2cc(CC)cc(CC)c2)C=C1.[Cl-].[Cl-].[Cl-]. The van der Waals surface area contributed by atoms with Crippen molar-refractivity contribution in [3.05, 3.63) is 112 Å². The molecule has 1 aliphatic carbocycles. The smallest absolute Gasteiger partial charge is 1.00 e. The molecule has 0 saturated carbocycles. The summed E-state index contributed by atoms with van der Waals surface area (Å²) < 4.78 is -0.0658. The Morgan fingerprint density at radius 3 is 1.07 bits per heavy atom. The van der Waals surface area contributed by atoms with Crippen LogP contribution in [0.25, 0.3) is 0 Å². The molecule has 230 valence electrons. The molecule has 0 aliphatic heterocycles. The molecule has 3 aromatic carbocycles. The fraction of sp³-hybridized carbons (Fsp3) is 0.421. The molecule has 5 heteroatoms. The van der Waals surface area contributed by atoms with Crippen molar-refractivity contribution in [1.29, 1.82) is 0 Å². The minimum Gasteiger partial charge on any atom is -1.00 e. The molecule has 0 aromatic heterocycles. The summed E-state index contributed by atoms with van der Waals surface area (Å²) in [7, 11) is -2.63. The summed E-state index contributed by atoms with van der Waals surface area (Å²) >= 11 is 2.57. The first kappa shape index (κ1) is 40.0. The predicted octanol–water partition coefficient (Wildman–Crippen LogP) is -0.916. The number of hydrogen-bond donors (Lipinski definition) is 0. The first-order valence-electron chi connectivity index (χ1n) is 15.9. The van der Waals surface area contributed by atoms with Crippen LogP contribution in [0.5, 0.6) is 0 Å². The van der Waals surface area contributed by atoms with Crippen molar-refractivity contribution < 1.29 is 57.7 Å². The summed E-state index contributed by atoms with van der Waals surface area (Å²) in [5.41, 5.74) is 10.3. The summed E-state index contributed by atoms with van der Waals surface area (Å²) in [5, 5.41) is 4.74. The number of benzene rings is 3. The van der Waals surface area contributed by atoms with Crippen molar-refractivity contribution in [1.82, 2.24) is 0 Å². The van der Waals surface area contributed by atoms with E-state index in [1.165, 1.54) is 45.4 Å². The third-order valence-corrected chi connectivity index (χ3v) is 16.3. The largest absolute Gasteiger partial charge is 1.00 e. The first-order valence-corrected chi connectivity index (χ1v) is 18.6. The van der Waals surface area contributed by atoms with Crippen molar-refractivity contribution in [2.24, 2.45) is 0 Å². The molecule has 1 atom stereocenters. The monoisotopic (exact) mass is 686 g/mol. The Balaban J connectivity index is 0.00000308. The number of halogens is 3. The summed E-state index contributed by atoms with van der Waals surface area (Å²) in [6, 6.07) is 23.0. The van der Waals surface area contributed by atoms with E-state index in [4.69, 9.17) is 0 Å². The molecule has 43 heavy (non-hydrogen) atoms. The minimum atomic E-state index is -2.63. The van der Waals surface area contributed by atoms with E-state index in [-0.39, 0.29) is 40.6 Å². The average Bonchev–Trinajstić information content (AvgIpc) is 3.37. The third-order valence-electron chi connectivity index (χ3n) is 9.04. The third kappa shape index (κ3) is 8.03. The van der Waals surface area contributed by atoms with Crippen LogP contribution in [0.4, 0.5) is 0 Å². The summed E-state index contributed by atoms with van der Waals surface area (Å²) in [6.45, 7) is 16.2. The standard InChI is InChI=1S/C38H49Si.3ClH.Ti/c1-8-15-34-16-17-35(27-34)39(36-21-28(9-2)18-29(10-3)22-36,37-23-30(11-4)19-31(12-5)24-37)38-25-32(13-6)20-33(14-7)26-38;;;;/h16-27H,8-15H2,1-7H3;3*1H;/q;;;;+3/p-3. The summed E-state index contributed by atoms with van der Waals surface area (Å²) in [5.74, 6) is 0. The van der Waals surface area contributed by atoms with Crippen LogP contribution in [-0.4, -0.2) is 8.07 Å². The zero-order valence-electron chi connectivity index (χ0n) is 27.2. The van der Waals surface area contributed by atoms with Crippen molar-refractivity contribution in [3.8, 4) is 0 Å². The number of hydrogen-bond acceptors (Lipinski definition) is 0. The van der Waals surface area contributed by atoms with Gasteiger partial charge in [0.1, 0.15) is 0 Å². The maximum atomic E-state index is 2.68. The van der Waals surface area contributed by atoms with Crippen LogP contribution in [0.3, 0.4) is 0 Å². The molecular formula is C38H49Cl3SiTi. The fourth-order valence-electron chi connectivity index (χ4n) is 6.68. The van der Waals surface area contributed by atoms with Gasteiger partial charge in [-0.05, 0) is 0 Å². The fourth-order valence-corrected chi connectivity index (χ4v) is 14.7. The maximum Gasteiger partial charge on any atom is -1.00 e. The van der Waals surface area contributed by atoms with Crippen LogP contribution in [0.1, 0.15) is 94.7 Å². The van der Waals surface area contributed by atoms with E-state index in [0.29, 0.717) is 0 Å². The second-order valence-corrected chi connectivity index (χ2v) is 17.8. The number of aryl methyl sites for hydroxylation is 6. The Bertz CT molecular complexity index is 1210. The van der Waals surface area contributed by atoms with Gasteiger partial charge in [-0.15, -0.1) is 0 Å². The molecule has 3 aromatic rings. The van der Waals surface area contributed by atoms with Crippen LogP contribution in [0.15, 0.2) is 78.4 Å². The van der Waals surface area contributed by atoms with Crippen molar-refractivity contribution >= 4 is 23.6 Å². The average molecular weight is 688 g/mol. The Morgan fingerprint density at radius 2 is 0.814 bits per heavy atom. The molecule has 0 spiro atoms. The van der Waals surface area contributed by atoms with Crippen molar-refractivity contribution in [2.75, 3.05) is 0 Å². The van der Waals surface area contributed by atoms with Gasteiger partial charge in [0.05, 0.1) is 0 Å². The topological polar surface area (TPSA) is 0 Å². The van der Waals surface area contributed by atoms with Crippen LogP contribution in [0.2, 0.25) is 3.34 Å². The minimum absolute atomic E-state index is 0. The van der Waals surface area contributed by atoms with Gasteiger partial charge in [-0.25, -0.2) is 0 Å². The molecule has 1 aliphatic rings. The molecule has 0 nitrogen and oxygen atoms in total. The number of rotatable bonds is 12. The molecule has 4 rings (SSSR count). The second-order valence-electron chi connectivity index (χ2n) is 11.7. The van der Waals surface area contributed by atoms with Crippen LogP contribution < -0.4 is 52.8 Å². The molecule has 0 N–H and O–H groups in total. The Kier molecular flexibility index (Phi) is 16.3. The predicted molar refractivity (Wildman–Crippen MR) is 175 cm³/mol. The van der Waals surface area contributed by atoms with Gasteiger partial charge in [-0.2, -0.15) is 0 Å². The van der Waals surface area contributed by atoms with Crippen molar-refractivity contribution in [3.63, 3.8) is 0 Å². The van der Waals surface area contributed by atoms with Gasteiger partial charge >= 0.3 is 259 Å². The van der Waals surface area contributed by atoms with E-state index in [1.807, 2.05) is 0 Å². The van der Waals surface area contributed by atoms with Crippen LogP contribution in [-0.2, 0) is 59.0 Å². The number of allylic oxidation sites excluding steroid dienone is 4. The van der Waals surface area contributed by atoms with E-state index in [2.05, 4.69) is 142 Å². The van der Waals surface area contributed by atoms with E-state index < -0.39 is 8.07 Å². The molecule has 0 heterocycles. The summed E-state index contributed by atoms with van der Waals surface area (Å²) in [6.07, 6.45) is 16.5. The molecule has 0 amide bonds. The molecule has 1 unspecified atom stereocenters. The Morgan fingerprint density at radius 1 is 0.512 bits per heavy atom. The molecule has 0 saturated heterocycles. The van der Waals surface area contributed by atoms with Crippen molar-refractivity contribution in [2.45, 2.75) is 103 Å². The van der Waals surface area contributed by atoms with Gasteiger partial charge in [-0.3, -0.25) is 0 Å². The zero-order valence-corrected chi connectivity index (χ0v) is 32.0. The summed E-state index contributed by atoms with van der Waals surface area (Å²) in [4.78, 5) is 0.